The van der Waals surface area contributed by atoms with Crippen molar-refractivity contribution >= 4 is 34.4 Å². The average molecular weight is 482 g/mol. The summed E-state index contributed by atoms with van der Waals surface area (Å²) in [5, 5.41) is 5.94. The maximum atomic E-state index is 6.06. The molecule has 0 bridgehead atoms. The van der Waals surface area contributed by atoms with Gasteiger partial charge in [-0.05, 0) is 74.4 Å². The fourth-order valence-corrected chi connectivity index (χ4v) is 5.68. The zero-order chi connectivity index (χ0) is 22.8. The molecule has 1 saturated heterocycles. The molecule has 0 saturated carbocycles. The molecule has 0 aliphatic carbocycles. The number of aromatic nitrogens is 3. The van der Waals surface area contributed by atoms with Gasteiger partial charge in [0.25, 0.3) is 0 Å². The number of halogens is 1. The Labute approximate surface area is 203 Å². The first-order valence-corrected chi connectivity index (χ1v) is 12.8. The number of hydrogen-bond acceptors (Lipinski definition) is 5. The van der Waals surface area contributed by atoms with Crippen LogP contribution in [0.3, 0.4) is 0 Å². The molecule has 3 heterocycles. The lowest BCUT2D eigenvalue weighted by Crippen LogP contribution is -2.17. The van der Waals surface area contributed by atoms with Crippen LogP contribution >= 0.6 is 23.4 Å². The van der Waals surface area contributed by atoms with Crippen molar-refractivity contribution in [3.63, 3.8) is 0 Å². The Balaban J connectivity index is 1.45. The van der Waals surface area contributed by atoms with Crippen molar-refractivity contribution in [2.75, 3.05) is 13.2 Å². The van der Waals surface area contributed by atoms with E-state index in [1.54, 1.807) is 11.8 Å². The van der Waals surface area contributed by atoms with Crippen molar-refractivity contribution in [3.8, 4) is 11.1 Å². The van der Waals surface area contributed by atoms with Crippen molar-refractivity contribution in [1.82, 2.24) is 14.7 Å². The molecule has 0 radical (unpaired) electrons. The maximum Gasteiger partial charge on any atom is 0.169 e. The summed E-state index contributed by atoms with van der Waals surface area (Å²) < 4.78 is 13.3. The van der Waals surface area contributed by atoms with E-state index in [9.17, 15) is 0 Å². The number of aryl methyl sites for hydroxylation is 3. The van der Waals surface area contributed by atoms with Crippen LogP contribution in [0, 0.1) is 19.8 Å². The van der Waals surface area contributed by atoms with E-state index in [-0.39, 0.29) is 0 Å². The van der Waals surface area contributed by atoms with Gasteiger partial charge in [-0.25, -0.2) is 4.98 Å². The van der Waals surface area contributed by atoms with Gasteiger partial charge in [-0.3, -0.25) is 0 Å². The first kappa shape index (κ1) is 22.5. The van der Waals surface area contributed by atoms with Crippen molar-refractivity contribution < 1.29 is 9.26 Å². The number of ether oxygens (including phenoxy) is 1. The second-order valence-corrected chi connectivity index (χ2v) is 10.1. The van der Waals surface area contributed by atoms with Crippen LogP contribution in [-0.2, 0) is 17.0 Å². The Hall–Kier alpha value is -2.28. The van der Waals surface area contributed by atoms with Crippen molar-refractivity contribution in [1.29, 1.82) is 0 Å². The summed E-state index contributed by atoms with van der Waals surface area (Å²) in [5.41, 5.74) is 6.49. The summed E-state index contributed by atoms with van der Waals surface area (Å²) >= 11 is 7.84. The van der Waals surface area contributed by atoms with Gasteiger partial charge in [0, 0.05) is 36.1 Å². The van der Waals surface area contributed by atoms with E-state index < -0.39 is 0 Å². The van der Waals surface area contributed by atoms with Gasteiger partial charge >= 0.3 is 0 Å². The highest BCUT2D eigenvalue weighted by molar-refractivity contribution is 7.98. The topological polar surface area (TPSA) is 53.1 Å². The van der Waals surface area contributed by atoms with Crippen LogP contribution in [0.4, 0.5) is 0 Å². The van der Waals surface area contributed by atoms with Crippen LogP contribution in [0.5, 0.6) is 0 Å². The molecule has 4 aromatic rings. The van der Waals surface area contributed by atoms with Gasteiger partial charge in [0.15, 0.2) is 5.16 Å². The summed E-state index contributed by atoms with van der Waals surface area (Å²) in [4.78, 5) is 5.06. The molecule has 7 heteroatoms. The lowest BCUT2D eigenvalue weighted by molar-refractivity contribution is 0.0625. The number of rotatable bonds is 7. The van der Waals surface area contributed by atoms with E-state index in [4.69, 9.17) is 25.8 Å². The minimum absolute atomic E-state index is 0.715. The smallest absolute Gasteiger partial charge is 0.169 e. The summed E-state index contributed by atoms with van der Waals surface area (Å²) in [6.45, 7) is 6.67. The minimum atomic E-state index is 0.715. The first-order chi connectivity index (χ1) is 16.1. The number of nitrogens with zero attached hydrogens (tertiary/aromatic N) is 3. The molecule has 0 spiro atoms. The molecule has 1 aliphatic heterocycles. The molecular formula is C26H28ClN3O2S. The fourth-order valence-electron chi connectivity index (χ4n) is 4.56. The van der Waals surface area contributed by atoms with Gasteiger partial charge in [0.2, 0.25) is 0 Å². The normalized spacial score (nSPS) is 14.9. The molecule has 1 aliphatic rings. The van der Waals surface area contributed by atoms with Gasteiger partial charge in [0.05, 0.1) is 16.7 Å². The second-order valence-electron chi connectivity index (χ2n) is 8.71. The standard InChI is InChI=1S/C26H28ClN3O2S/c1-17-25(18(2)32-29-17)21-5-8-24-23(15-21)28-26(33-16-20-3-6-22(27)7-4-20)30(24)12-9-19-10-13-31-14-11-19/h3-8,15,19H,9-14,16H2,1-2H3. The van der Waals surface area contributed by atoms with E-state index in [0.717, 1.165) is 83.1 Å². The Kier molecular flexibility index (Phi) is 6.76. The summed E-state index contributed by atoms with van der Waals surface area (Å²) in [7, 11) is 0. The second kappa shape index (κ2) is 9.92. The fraction of sp³-hybridized carbons (Fsp3) is 0.385. The zero-order valence-corrected chi connectivity index (χ0v) is 20.6. The minimum Gasteiger partial charge on any atom is -0.381 e. The summed E-state index contributed by atoms with van der Waals surface area (Å²) in [6, 6.07) is 14.6. The molecule has 2 aromatic heterocycles. The first-order valence-electron chi connectivity index (χ1n) is 11.5. The number of thioether (sulfide) groups is 1. The SMILES string of the molecule is Cc1noc(C)c1-c1ccc2c(c1)nc(SCc1ccc(Cl)cc1)n2CCC1CCOCC1. The van der Waals surface area contributed by atoms with Crippen molar-refractivity contribution in [2.45, 2.75) is 50.6 Å². The molecule has 0 N–H and O–H groups in total. The Morgan fingerprint density at radius 1 is 1.09 bits per heavy atom. The van der Waals surface area contributed by atoms with E-state index in [1.165, 1.54) is 11.1 Å². The van der Waals surface area contributed by atoms with Crippen LogP contribution in [0.2, 0.25) is 5.02 Å². The number of imidazole rings is 1. The monoisotopic (exact) mass is 481 g/mol. The van der Waals surface area contributed by atoms with Crippen LogP contribution in [0.1, 0.15) is 36.3 Å². The van der Waals surface area contributed by atoms with E-state index in [0.29, 0.717) is 5.92 Å². The zero-order valence-electron chi connectivity index (χ0n) is 19.0. The van der Waals surface area contributed by atoms with Gasteiger partial charge < -0.3 is 13.8 Å². The molecule has 172 valence electrons. The van der Waals surface area contributed by atoms with Gasteiger partial charge in [-0.2, -0.15) is 0 Å². The van der Waals surface area contributed by atoms with Crippen LogP contribution in [0.25, 0.3) is 22.2 Å². The Bertz CT molecular complexity index is 1220. The third kappa shape index (κ3) is 4.98. The quantitative estimate of drug-likeness (QED) is 0.264. The molecular weight excluding hydrogens is 454 g/mol. The maximum absolute atomic E-state index is 6.06. The van der Waals surface area contributed by atoms with E-state index in [1.807, 2.05) is 26.0 Å². The van der Waals surface area contributed by atoms with Crippen LogP contribution in [-0.4, -0.2) is 27.9 Å². The third-order valence-corrected chi connectivity index (χ3v) is 7.72. The van der Waals surface area contributed by atoms with Crippen LogP contribution in [0.15, 0.2) is 52.1 Å². The highest BCUT2D eigenvalue weighted by Gasteiger charge is 2.18. The molecule has 0 amide bonds. The summed E-state index contributed by atoms with van der Waals surface area (Å²) in [5.74, 6) is 2.41. The molecule has 5 rings (SSSR count). The number of hydrogen-bond donors (Lipinski definition) is 0. The van der Waals surface area contributed by atoms with Crippen molar-refractivity contribution in [2.24, 2.45) is 5.92 Å². The predicted octanol–water partition coefficient (Wildman–Crippen LogP) is 7.07. The largest absolute Gasteiger partial charge is 0.381 e. The highest BCUT2D eigenvalue weighted by atomic mass is 35.5. The highest BCUT2D eigenvalue weighted by Crippen LogP contribution is 2.33. The lowest BCUT2D eigenvalue weighted by atomic mass is 9.96. The molecule has 33 heavy (non-hydrogen) atoms. The van der Waals surface area contributed by atoms with E-state index >= 15 is 0 Å². The molecule has 5 nitrogen and oxygen atoms in total. The predicted molar refractivity (Wildman–Crippen MR) is 134 cm³/mol. The van der Waals surface area contributed by atoms with E-state index in [2.05, 4.69) is 40.1 Å². The van der Waals surface area contributed by atoms with Crippen LogP contribution < -0.4 is 0 Å². The summed E-state index contributed by atoms with van der Waals surface area (Å²) in [6.07, 6.45) is 3.45. The number of fused-ring (bicyclic) bond motifs is 1. The molecule has 2 aromatic carbocycles. The van der Waals surface area contributed by atoms with Gasteiger partial charge in [0.1, 0.15) is 5.76 Å². The molecule has 0 atom stereocenters. The van der Waals surface area contributed by atoms with Crippen molar-refractivity contribution in [3.05, 3.63) is 64.5 Å². The molecule has 1 fully saturated rings. The average Bonchev–Trinajstić information content (AvgIpc) is 3.36. The molecule has 0 unspecified atom stereocenters. The third-order valence-electron chi connectivity index (χ3n) is 6.42. The Morgan fingerprint density at radius 2 is 1.88 bits per heavy atom. The Morgan fingerprint density at radius 3 is 2.61 bits per heavy atom. The lowest BCUT2D eigenvalue weighted by Gasteiger charge is -2.22. The van der Waals surface area contributed by atoms with Gasteiger partial charge in [-0.15, -0.1) is 0 Å². The number of benzene rings is 2. The van der Waals surface area contributed by atoms with Gasteiger partial charge in [-0.1, -0.05) is 46.7 Å².